The van der Waals surface area contributed by atoms with Gasteiger partial charge in [-0.1, -0.05) is 11.6 Å². The van der Waals surface area contributed by atoms with Crippen LogP contribution in [0.1, 0.15) is 35.8 Å². The van der Waals surface area contributed by atoms with Crippen molar-refractivity contribution < 1.29 is 9.84 Å². The van der Waals surface area contributed by atoms with E-state index in [0.717, 1.165) is 41.5 Å². The molecule has 1 aliphatic rings. The van der Waals surface area contributed by atoms with E-state index < -0.39 is 0 Å². The Hall–Kier alpha value is -1.85. The van der Waals surface area contributed by atoms with Gasteiger partial charge >= 0.3 is 0 Å². The van der Waals surface area contributed by atoms with E-state index >= 15 is 0 Å². The van der Waals surface area contributed by atoms with Crippen LogP contribution in [0, 0.1) is 6.92 Å². The number of halogens is 1. The molecule has 2 aromatic rings. The Morgan fingerprint density at radius 1 is 1.29 bits per heavy atom. The maximum Gasteiger partial charge on any atom is 0.132 e. The molecule has 1 aromatic carbocycles. The molecule has 3 rings (SSSR count). The Bertz CT molecular complexity index is 732. The predicted molar refractivity (Wildman–Crippen MR) is 94.9 cm³/mol. The summed E-state index contributed by atoms with van der Waals surface area (Å²) in [6, 6.07) is 7.62. The lowest BCUT2D eigenvalue weighted by Gasteiger charge is -2.31. The van der Waals surface area contributed by atoms with Gasteiger partial charge in [0.05, 0.1) is 13.2 Å². The fourth-order valence-corrected chi connectivity index (χ4v) is 3.21. The van der Waals surface area contributed by atoms with Crippen LogP contribution < -0.4 is 9.64 Å². The number of benzene rings is 1. The number of aromatic nitrogens is 2. The van der Waals surface area contributed by atoms with Crippen molar-refractivity contribution in [1.82, 2.24) is 9.97 Å². The molecule has 0 saturated heterocycles. The highest BCUT2D eigenvalue weighted by Gasteiger charge is 2.30. The molecule has 5 nitrogen and oxygen atoms in total. The molecular weight excluding hydrogens is 326 g/mol. The molecule has 128 valence electrons. The lowest BCUT2D eigenvalue weighted by atomic mass is 9.80. The van der Waals surface area contributed by atoms with E-state index in [1.807, 2.05) is 38.2 Å². The van der Waals surface area contributed by atoms with Gasteiger partial charge in [-0.15, -0.1) is 0 Å². The topological polar surface area (TPSA) is 58.5 Å². The Balaban J connectivity index is 1.82. The lowest BCUT2D eigenvalue weighted by Crippen LogP contribution is -2.28. The molecule has 0 atom stereocenters. The van der Waals surface area contributed by atoms with E-state index in [0.29, 0.717) is 17.5 Å². The number of aliphatic hydroxyl groups excluding tert-OH is 1. The fourth-order valence-electron chi connectivity index (χ4n) is 3.02. The van der Waals surface area contributed by atoms with Gasteiger partial charge < -0.3 is 14.7 Å². The molecule has 0 unspecified atom stereocenters. The zero-order valence-electron chi connectivity index (χ0n) is 14.2. The molecule has 1 heterocycles. The second kappa shape index (κ2) is 6.95. The summed E-state index contributed by atoms with van der Waals surface area (Å²) in [6.07, 6.45) is 1.37. The van der Waals surface area contributed by atoms with Crippen molar-refractivity contribution in [3.63, 3.8) is 0 Å². The highest BCUT2D eigenvalue weighted by atomic mass is 35.5. The van der Waals surface area contributed by atoms with Crippen LogP contribution in [0.25, 0.3) is 0 Å². The first kappa shape index (κ1) is 17.0. The van der Waals surface area contributed by atoms with Gasteiger partial charge in [-0.3, -0.25) is 0 Å². The first-order valence-electron chi connectivity index (χ1n) is 8.03. The summed E-state index contributed by atoms with van der Waals surface area (Å²) in [5.41, 5.74) is 2.01. The van der Waals surface area contributed by atoms with Gasteiger partial charge in [0.15, 0.2) is 0 Å². The second-order valence-corrected chi connectivity index (χ2v) is 6.77. The van der Waals surface area contributed by atoms with Gasteiger partial charge in [-0.05, 0) is 38.0 Å². The summed E-state index contributed by atoms with van der Waals surface area (Å²) < 4.78 is 5.42. The van der Waals surface area contributed by atoms with Gasteiger partial charge in [-0.2, -0.15) is 0 Å². The molecule has 0 amide bonds. The van der Waals surface area contributed by atoms with Crippen molar-refractivity contribution in [1.29, 1.82) is 0 Å². The minimum atomic E-state index is -0.192. The van der Waals surface area contributed by atoms with E-state index in [2.05, 4.69) is 14.9 Å². The van der Waals surface area contributed by atoms with Gasteiger partial charge in [0, 0.05) is 41.9 Å². The molecule has 1 N–H and O–H groups in total. The third kappa shape index (κ3) is 3.62. The standard InChI is InChI=1S/C18H22ClN3O2/c1-11-20-16(12-7-15(23)8-12)9-18(21-11)22(2)10-13-6-14(19)4-5-17(13)24-3/h4-6,9,12,15,23H,7-8,10H2,1-3H3. The molecule has 24 heavy (non-hydrogen) atoms. The Morgan fingerprint density at radius 3 is 2.71 bits per heavy atom. The number of ether oxygens (including phenoxy) is 1. The normalized spacial score (nSPS) is 19.7. The summed E-state index contributed by atoms with van der Waals surface area (Å²) in [5, 5.41) is 10.2. The molecule has 0 spiro atoms. The van der Waals surface area contributed by atoms with Crippen LogP contribution in [0.5, 0.6) is 5.75 Å². The lowest BCUT2D eigenvalue weighted by molar-refractivity contribution is 0.0731. The second-order valence-electron chi connectivity index (χ2n) is 6.33. The molecule has 1 saturated carbocycles. The Labute approximate surface area is 147 Å². The van der Waals surface area contributed by atoms with Crippen LogP contribution in [-0.4, -0.2) is 35.3 Å². The van der Waals surface area contributed by atoms with Crippen molar-refractivity contribution >= 4 is 17.4 Å². The van der Waals surface area contributed by atoms with Crippen molar-refractivity contribution in [2.24, 2.45) is 0 Å². The number of hydrogen-bond donors (Lipinski definition) is 1. The molecule has 6 heteroatoms. The van der Waals surface area contributed by atoms with Gasteiger partial charge in [0.2, 0.25) is 0 Å². The molecule has 1 aliphatic carbocycles. The third-order valence-corrected chi connectivity index (χ3v) is 4.65. The number of aliphatic hydroxyl groups is 1. The first-order valence-corrected chi connectivity index (χ1v) is 8.41. The highest BCUT2D eigenvalue weighted by Crippen LogP contribution is 2.36. The zero-order valence-corrected chi connectivity index (χ0v) is 14.9. The summed E-state index contributed by atoms with van der Waals surface area (Å²) in [4.78, 5) is 11.1. The quantitative estimate of drug-likeness (QED) is 0.899. The number of hydrogen-bond acceptors (Lipinski definition) is 5. The maximum absolute atomic E-state index is 9.53. The third-order valence-electron chi connectivity index (χ3n) is 4.42. The van der Waals surface area contributed by atoms with Gasteiger partial charge in [-0.25, -0.2) is 9.97 Å². The van der Waals surface area contributed by atoms with Crippen LogP contribution >= 0.6 is 11.6 Å². The van der Waals surface area contributed by atoms with E-state index in [1.165, 1.54) is 0 Å². The van der Waals surface area contributed by atoms with Crippen LogP contribution in [0.4, 0.5) is 5.82 Å². The largest absolute Gasteiger partial charge is 0.496 e. The van der Waals surface area contributed by atoms with Crippen molar-refractivity contribution in [3.05, 3.63) is 46.4 Å². The fraction of sp³-hybridized carbons (Fsp3) is 0.444. The first-order chi connectivity index (χ1) is 11.5. The number of nitrogens with zero attached hydrogens (tertiary/aromatic N) is 3. The molecule has 1 fully saturated rings. The average Bonchev–Trinajstić information content (AvgIpc) is 2.51. The zero-order chi connectivity index (χ0) is 17.3. The van der Waals surface area contributed by atoms with Gasteiger partial charge in [0.25, 0.3) is 0 Å². The summed E-state index contributed by atoms with van der Waals surface area (Å²) >= 11 is 6.11. The molecule has 1 aromatic heterocycles. The van der Waals surface area contributed by atoms with E-state index in [-0.39, 0.29) is 6.10 Å². The van der Waals surface area contributed by atoms with Crippen molar-refractivity contribution in [2.75, 3.05) is 19.1 Å². The minimum absolute atomic E-state index is 0.192. The molecule has 0 aliphatic heterocycles. The summed E-state index contributed by atoms with van der Waals surface area (Å²) in [6.45, 7) is 2.53. The average molecular weight is 348 g/mol. The van der Waals surface area contributed by atoms with Crippen molar-refractivity contribution in [2.45, 2.75) is 38.3 Å². The van der Waals surface area contributed by atoms with Crippen LogP contribution in [0.15, 0.2) is 24.3 Å². The van der Waals surface area contributed by atoms with Crippen molar-refractivity contribution in [3.8, 4) is 5.75 Å². The highest BCUT2D eigenvalue weighted by molar-refractivity contribution is 6.30. The van der Waals surface area contributed by atoms with Crippen LogP contribution in [0.2, 0.25) is 5.02 Å². The SMILES string of the molecule is COc1ccc(Cl)cc1CN(C)c1cc(C2CC(O)C2)nc(C)n1. The Kier molecular flexibility index (Phi) is 4.92. The van der Waals surface area contributed by atoms with Crippen LogP contribution in [-0.2, 0) is 6.54 Å². The number of anilines is 1. The maximum atomic E-state index is 9.53. The van der Waals surface area contributed by atoms with E-state index in [9.17, 15) is 5.11 Å². The summed E-state index contributed by atoms with van der Waals surface area (Å²) in [5.74, 6) is 2.74. The number of methoxy groups -OCH3 is 1. The predicted octanol–water partition coefficient (Wildman–Crippen LogP) is 3.32. The Morgan fingerprint density at radius 2 is 2.04 bits per heavy atom. The van der Waals surface area contributed by atoms with Gasteiger partial charge in [0.1, 0.15) is 17.4 Å². The molecule has 0 radical (unpaired) electrons. The monoisotopic (exact) mass is 347 g/mol. The van der Waals surface area contributed by atoms with E-state index in [4.69, 9.17) is 16.3 Å². The summed E-state index contributed by atoms with van der Waals surface area (Å²) in [7, 11) is 3.64. The molecule has 0 bridgehead atoms. The van der Waals surface area contributed by atoms with Crippen LogP contribution in [0.3, 0.4) is 0 Å². The smallest absolute Gasteiger partial charge is 0.132 e. The minimum Gasteiger partial charge on any atom is -0.496 e. The number of rotatable bonds is 5. The molecular formula is C18H22ClN3O2. The number of aryl methyl sites for hydroxylation is 1. The van der Waals surface area contributed by atoms with E-state index in [1.54, 1.807) is 7.11 Å².